The van der Waals surface area contributed by atoms with Gasteiger partial charge in [-0.05, 0) is 21.2 Å². The molecule has 0 aliphatic carbocycles. The molecule has 0 fully saturated rings. The standard InChI is InChI=1S/C15H13Br/c1-12(16)11-13-7-9-15(10-8-13)14-5-3-2-4-6-14/h2-10H,1,11H2. The van der Waals surface area contributed by atoms with Crippen LogP contribution in [0.1, 0.15) is 5.56 Å². The van der Waals surface area contributed by atoms with E-state index in [1.54, 1.807) is 0 Å². The molecular formula is C15H13Br. The second-order valence-electron chi connectivity index (χ2n) is 3.76. The zero-order chi connectivity index (χ0) is 11.4. The zero-order valence-electron chi connectivity index (χ0n) is 8.99. The molecule has 0 unspecified atom stereocenters. The lowest BCUT2D eigenvalue weighted by Gasteiger charge is -2.03. The van der Waals surface area contributed by atoms with E-state index < -0.39 is 0 Å². The largest absolute Gasteiger partial charge is 0.0885 e. The molecule has 0 heterocycles. The van der Waals surface area contributed by atoms with Crippen molar-refractivity contribution in [2.24, 2.45) is 0 Å². The molecule has 0 aliphatic rings. The molecule has 16 heavy (non-hydrogen) atoms. The summed E-state index contributed by atoms with van der Waals surface area (Å²) in [5, 5.41) is 0. The topological polar surface area (TPSA) is 0 Å². The van der Waals surface area contributed by atoms with Crippen LogP contribution in [0.2, 0.25) is 0 Å². The van der Waals surface area contributed by atoms with Crippen molar-refractivity contribution in [1.29, 1.82) is 0 Å². The van der Waals surface area contributed by atoms with Gasteiger partial charge in [-0.2, -0.15) is 0 Å². The van der Waals surface area contributed by atoms with Crippen molar-refractivity contribution < 1.29 is 0 Å². The Morgan fingerprint density at radius 2 is 1.44 bits per heavy atom. The summed E-state index contributed by atoms with van der Waals surface area (Å²) in [6.45, 7) is 3.85. The van der Waals surface area contributed by atoms with Crippen molar-refractivity contribution in [2.75, 3.05) is 0 Å². The molecule has 0 aliphatic heterocycles. The predicted molar refractivity (Wildman–Crippen MR) is 73.6 cm³/mol. The predicted octanol–water partition coefficient (Wildman–Crippen LogP) is 4.80. The number of halogens is 1. The Labute approximate surface area is 105 Å². The van der Waals surface area contributed by atoms with Crippen LogP contribution in [-0.2, 0) is 6.42 Å². The van der Waals surface area contributed by atoms with Gasteiger partial charge in [-0.3, -0.25) is 0 Å². The first-order chi connectivity index (χ1) is 7.75. The summed E-state index contributed by atoms with van der Waals surface area (Å²) in [5.74, 6) is 0. The van der Waals surface area contributed by atoms with Crippen LogP contribution in [0.25, 0.3) is 11.1 Å². The minimum atomic E-state index is 0.884. The summed E-state index contributed by atoms with van der Waals surface area (Å²) >= 11 is 3.38. The number of benzene rings is 2. The van der Waals surface area contributed by atoms with E-state index in [1.807, 2.05) is 6.07 Å². The molecule has 0 atom stereocenters. The van der Waals surface area contributed by atoms with Crippen molar-refractivity contribution in [3.05, 3.63) is 71.2 Å². The third-order valence-electron chi connectivity index (χ3n) is 2.46. The van der Waals surface area contributed by atoms with Gasteiger partial charge in [-0.25, -0.2) is 0 Å². The Hall–Kier alpha value is -1.34. The van der Waals surface area contributed by atoms with Crippen molar-refractivity contribution in [3.8, 4) is 11.1 Å². The Morgan fingerprint density at radius 1 is 0.875 bits per heavy atom. The summed E-state index contributed by atoms with van der Waals surface area (Å²) in [7, 11) is 0. The molecule has 2 aromatic rings. The second kappa shape index (κ2) is 5.13. The number of rotatable bonds is 3. The van der Waals surface area contributed by atoms with E-state index in [9.17, 15) is 0 Å². The lowest BCUT2D eigenvalue weighted by atomic mass is 10.0. The zero-order valence-corrected chi connectivity index (χ0v) is 10.6. The average molecular weight is 273 g/mol. The summed E-state index contributed by atoms with van der Waals surface area (Å²) in [6, 6.07) is 19.0. The van der Waals surface area contributed by atoms with Crippen LogP contribution in [0.5, 0.6) is 0 Å². The maximum absolute atomic E-state index is 3.85. The molecular weight excluding hydrogens is 260 g/mol. The van der Waals surface area contributed by atoms with E-state index in [-0.39, 0.29) is 0 Å². The van der Waals surface area contributed by atoms with Crippen LogP contribution in [0, 0.1) is 0 Å². The summed E-state index contributed by atoms with van der Waals surface area (Å²) in [4.78, 5) is 0. The van der Waals surface area contributed by atoms with Crippen LogP contribution in [0.4, 0.5) is 0 Å². The van der Waals surface area contributed by atoms with Gasteiger partial charge in [0.15, 0.2) is 0 Å². The summed E-state index contributed by atoms with van der Waals surface area (Å²) in [6.07, 6.45) is 0.884. The fraction of sp³-hybridized carbons (Fsp3) is 0.0667. The maximum atomic E-state index is 3.85. The maximum Gasteiger partial charge on any atom is 0.00347 e. The molecule has 0 aromatic heterocycles. The van der Waals surface area contributed by atoms with E-state index in [2.05, 4.69) is 71.0 Å². The molecule has 80 valence electrons. The highest BCUT2D eigenvalue weighted by molar-refractivity contribution is 9.11. The lowest BCUT2D eigenvalue weighted by Crippen LogP contribution is -1.84. The molecule has 0 bridgehead atoms. The summed E-state index contributed by atoms with van der Waals surface area (Å²) < 4.78 is 1.01. The van der Waals surface area contributed by atoms with Crippen LogP contribution < -0.4 is 0 Å². The molecule has 0 saturated carbocycles. The Bertz CT molecular complexity index is 469. The SMILES string of the molecule is C=C(Br)Cc1ccc(-c2ccccc2)cc1. The van der Waals surface area contributed by atoms with E-state index in [4.69, 9.17) is 0 Å². The van der Waals surface area contributed by atoms with Gasteiger partial charge in [0.05, 0.1) is 0 Å². The first kappa shape index (κ1) is 11.2. The molecule has 0 amide bonds. The minimum Gasteiger partial charge on any atom is -0.0885 e. The van der Waals surface area contributed by atoms with Crippen molar-refractivity contribution in [3.63, 3.8) is 0 Å². The van der Waals surface area contributed by atoms with Gasteiger partial charge in [-0.15, -0.1) is 0 Å². The Balaban J connectivity index is 2.23. The molecule has 0 spiro atoms. The fourth-order valence-corrected chi connectivity index (χ4v) is 1.99. The van der Waals surface area contributed by atoms with Gasteiger partial charge in [0.2, 0.25) is 0 Å². The van der Waals surface area contributed by atoms with Gasteiger partial charge >= 0.3 is 0 Å². The van der Waals surface area contributed by atoms with Crippen LogP contribution in [0.3, 0.4) is 0 Å². The van der Waals surface area contributed by atoms with Crippen LogP contribution in [0.15, 0.2) is 65.7 Å². The minimum absolute atomic E-state index is 0.884. The molecule has 2 rings (SSSR count). The fourth-order valence-electron chi connectivity index (χ4n) is 1.67. The Morgan fingerprint density at radius 3 is 2.00 bits per heavy atom. The van der Waals surface area contributed by atoms with Gasteiger partial charge < -0.3 is 0 Å². The first-order valence-electron chi connectivity index (χ1n) is 5.23. The van der Waals surface area contributed by atoms with Gasteiger partial charge in [0.25, 0.3) is 0 Å². The molecule has 1 heteroatoms. The molecule has 2 aromatic carbocycles. The first-order valence-corrected chi connectivity index (χ1v) is 6.02. The van der Waals surface area contributed by atoms with Crippen molar-refractivity contribution >= 4 is 15.9 Å². The van der Waals surface area contributed by atoms with Gasteiger partial charge in [0.1, 0.15) is 0 Å². The van der Waals surface area contributed by atoms with E-state index >= 15 is 0 Å². The summed E-state index contributed by atoms with van der Waals surface area (Å²) in [5.41, 5.74) is 3.79. The van der Waals surface area contributed by atoms with Gasteiger partial charge in [0, 0.05) is 6.42 Å². The Kier molecular flexibility index (Phi) is 3.58. The highest BCUT2D eigenvalue weighted by Crippen LogP contribution is 2.20. The van der Waals surface area contributed by atoms with Crippen LogP contribution in [-0.4, -0.2) is 0 Å². The molecule has 0 saturated heterocycles. The number of allylic oxidation sites excluding steroid dienone is 1. The number of hydrogen-bond donors (Lipinski definition) is 0. The van der Waals surface area contributed by atoms with E-state index in [1.165, 1.54) is 16.7 Å². The van der Waals surface area contributed by atoms with Crippen molar-refractivity contribution in [2.45, 2.75) is 6.42 Å². The normalized spacial score (nSPS) is 10.1. The van der Waals surface area contributed by atoms with E-state index in [0.29, 0.717) is 0 Å². The number of hydrogen-bond acceptors (Lipinski definition) is 0. The van der Waals surface area contributed by atoms with E-state index in [0.717, 1.165) is 10.9 Å². The molecule has 0 radical (unpaired) electrons. The third-order valence-corrected chi connectivity index (χ3v) is 2.74. The second-order valence-corrected chi connectivity index (χ2v) is 4.88. The molecule has 0 nitrogen and oxygen atoms in total. The van der Waals surface area contributed by atoms with Crippen LogP contribution >= 0.6 is 15.9 Å². The highest BCUT2D eigenvalue weighted by atomic mass is 79.9. The van der Waals surface area contributed by atoms with Crippen molar-refractivity contribution in [1.82, 2.24) is 0 Å². The smallest absolute Gasteiger partial charge is 0.00347 e. The lowest BCUT2D eigenvalue weighted by molar-refractivity contribution is 1.26. The molecule has 0 N–H and O–H groups in total. The quantitative estimate of drug-likeness (QED) is 0.753. The third kappa shape index (κ3) is 2.83. The van der Waals surface area contributed by atoms with Gasteiger partial charge in [-0.1, -0.05) is 77.1 Å². The highest BCUT2D eigenvalue weighted by Gasteiger charge is 1.97. The average Bonchev–Trinajstić information content (AvgIpc) is 2.30. The monoisotopic (exact) mass is 272 g/mol.